The lowest BCUT2D eigenvalue weighted by molar-refractivity contribution is -0.143. The second kappa shape index (κ2) is 8.42. The maximum atomic E-state index is 11.3. The number of thiazole rings is 1. The van der Waals surface area contributed by atoms with Crippen molar-refractivity contribution in [3.05, 3.63) is 47.0 Å². The lowest BCUT2D eigenvalue weighted by atomic mass is 10.1. The molecule has 2 rings (SSSR count). The van der Waals surface area contributed by atoms with Crippen molar-refractivity contribution in [1.82, 2.24) is 4.98 Å². The van der Waals surface area contributed by atoms with Gasteiger partial charge in [0.15, 0.2) is 5.13 Å². The van der Waals surface area contributed by atoms with Gasteiger partial charge in [-0.25, -0.2) is 4.98 Å². The molecule has 1 N–H and O–H groups in total. The molecule has 0 radical (unpaired) electrons. The van der Waals surface area contributed by atoms with E-state index in [2.05, 4.69) is 22.4 Å². The molecule has 0 aliphatic rings. The Labute approximate surface area is 129 Å². The van der Waals surface area contributed by atoms with Crippen LogP contribution >= 0.6 is 11.3 Å². The number of anilines is 1. The van der Waals surface area contributed by atoms with Crippen molar-refractivity contribution < 1.29 is 9.53 Å². The van der Waals surface area contributed by atoms with Crippen LogP contribution in [0.15, 0.2) is 35.7 Å². The molecule has 0 atom stereocenters. The predicted molar refractivity (Wildman–Crippen MR) is 85.7 cm³/mol. The molecule has 0 bridgehead atoms. The van der Waals surface area contributed by atoms with E-state index in [1.54, 1.807) is 11.3 Å². The van der Waals surface area contributed by atoms with Gasteiger partial charge in [0.1, 0.15) is 0 Å². The third-order valence-electron chi connectivity index (χ3n) is 2.98. The second-order valence-corrected chi connectivity index (χ2v) is 5.47. The second-order valence-electron chi connectivity index (χ2n) is 4.61. The summed E-state index contributed by atoms with van der Waals surface area (Å²) in [6.45, 7) is 3.10. The Morgan fingerprint density at radius 1 is 1.29 bits per heavy atom. The van der Waals surface area contributed by atoms with Crippen molar-refractivity contribution >= 4 is 22.4 Å². The van der Waals surface area contributed by atoms with Crippen LogP contribution in [-0.4, -0.2) is 24.1 Å². The summed E-state index contributed by atoms with van der Waals surface area (Å²) in [4.78, 5) is 15.8. The van der Waals surface area contributed by atoms with E-state index in [9.17, 15) is 4.79 Å². The largest absolute Gasteiger partial charge is 0.466 e. The minimum atomic E-state index is -0.163. The monoisotopic (exact) mass is 304 g/mol. The number of ether oxygens (including phenoxy) is 1. The fourth-order valence-electron chi connectivity index (χ4n) is 1.92. The van der Waals surface area contributed by atoms with E-state index in [0.29, 0.717) is 19.4 Å². The number of aromatic nitrogens is 1. The molecule has 0 aliphatic carbocycles. The Balaban J connectivity index is 1.71. The molecule has 21 heavy (non-hydrogen) atoms. The third kappa shape index (κ3) is 5.55. The molecule has 2 aromatic rings. The first kappa shape index (κ1) is 15.5. The van der Waals surface area contributed by atoms with Crippen LogP contribution in [0.1, 0.15) is 24.6 Å². The molecule has 1 heterocycles. The highest BCUT2D eigenvalue weighted by molar-refractivity contribution is 7.13. The number of hydrogen-bond donors (Lipinski definition) is 1. The number of hydrogen-bond acceptors (Lipinski definition) is 5. The van der Waals surface area contributed by atoms with Gasteiger partial charge in [-0.15, -0.1) is 11.3 Å². The molecule has 112 valence electrons. The lowest BCUT2D eigenvalue weighted by Gasteiger charge is -2.02. The maximum Gasteiger partial charge on any atom is 0.306 e. The lowest BCUT2D eigenvalue weighted by Crippen LogP contribution is -2.06. The maximum absolute atomic E-state index is 11.3. The number of nitrogens with one attached hydrogen (secondary N) is 1. The number of nitrogens with zero attached hydrogens (tertiary/aromatic N) is 1. The van der Waals surface area contributed by atoms with Crippen molar-refractivity contribution in [1.29, 1.82) is 0 Å². The Morgan fingerprint density at radius 3 is 2.86 bits per heavy atom. The fraction of sp³-hybridized carbons (Fsp3) is 0.375. The molecular formula is C16H20N2O2S. The Kier molecular flexibility index (Phi) is 6.22. The van der Waals surface area contributed by atoms with Crippen LogP contribution in [0.3, 0.4) is 0 Å². The number of carbonyl (C=O) groups excluding carboxylic acids is 1. The van der Waals surface area contributed by atoms with Gasteiger partial charge in [-0.2, -0.15) is 0 Å². The molecular weight excluding hydrogens is 284 g/mol. The van der Waals surface area contributed by atoms with Crippen molar-refractivity contribution in [3.8, 4) is 0 Å². The van der Waals surface area contributed by atoms with Crippen LogP contribution in [-0.2, 0) is 22.4 Å². The number of benzene rings is 1. The highest BCUT2D eigenvalue weighted by atomic mass is 32.1. The summed E-state index contributed by atoms with van der Waals surface area (Å²) in [5, 5.41) is 6.21. The van der Waals surface area contributed by atoms with Gasteiger partial charge in [0, 0.05) is 18.3 Å². The molecule has 0 saturated carbocycles. The average Bonchev–Trinajstić information content (AvgIpc) is 2.95. The van der Waals surface area contributed by atoms with Gasteiger partial charge in [0.25, 0.3) is 0 Å². The molecule has 1 aromatic carbocycles. The van der Waals surface area contributed by atoms with E-state index >= 15 is 0 Å². The zero-order valence-corrected chi connectivity index (χ0v) is 13.0. The molecule has 0 spiro atoms. The highest BCUT2D eigenvalue weighted by Gasteiger charge is 2.06. The standard InChI is InChI=1S/C16H20N2O2S/c1-2-20-15(19)9-8-14-12-21-16(18-14)17-11-10-13-6-4-3-5-7-13/h3-7,12H,2,8-11H2,1H3,(H,17,18). The van der Waals surface area contributed by atoms with E-state index in [0.717, 1.165) is 23.8 Å². The molecule has 0 amide bonds. The minimum Gasteiger partial charge on any atom is -0.466 e. The van der Waals surface area contributed by atoms with E-state index in [1.165, 1.54) is 5.56 Å². The first-order valence-electron chi connectivity index (χ1n) is 7.15. The van der Waals surface area contributed by atoms with Crippen molar-refractivity contribution in [2.45, 2.75) is 26.2 Å². The quantitative estimate of drug-likeness (QED) is 0.760. The normalized spacial score (nSPS) is 10.3. The summed E-state index contributed by atoms with van der Waals surface area (Å²) in [6, 6.07) is 10.4. The number of esters is 1. The van der Waals surface area contributed by atoms with Gasteiger partial charge in [-0.05, 0) is 18.9 Å². The summed E-state index contributed by atoms with van der Waals surface area (Å²) in [6.07, 6.45) is 2.00. The fourth-order valence-corrected chi connectivity index (χ4v) is 2.70. The molecule has 4 nitrogen and oxygen atoms in total. The highest BCUT2D eigenvalue weighted by Crippen LogP contribution is 2.16. The molecule has 0 saturated heterocycles. The molecule has 0 fully saturated rings. The van der Waals surface area contributed by atoms with Crippen LogP contribution in [0.5, 0.6) is 0 Å². The Hall–Kier alpha value is -1.88. The van der Waals surface area contributed by atoms with Gasteiger partial charge in [0.05, 0.1) is 18.7 Å². The van der Waals surface area contributed by atoms with Gasteiger partial charge >= 0.3 is 5.97 Å². The van der Waals surface area contributed by atoms with Gasteiger partial charge in [-0.3, -0.25) is 4.79 Å². The minimum absolute atomic E-state index is 0.163. The number of rotatable bonds is 8. The van der Waals surface area contributed by atoms with Crippen LogP contribution in [0.4, 0.5) is 5.13 Å². The molecule has 0 aliphatic heterocycles. The molecule has 1 aromatic heterocycles. The first-order chi connectivity index (χ1) is 10.3. The summed E-state index contributed by atoms with van der Waals surface area (Å²) in [5.74, 6) is -0.163. The van der Waals surface area contributed by atoms with E-state index in [4.69, 9.17) is 4.74 Å². The topological polar surface area (TPSA) is 51.2 Å². The smallest absolute Gasteiger partial charge is 0.306 e. The van der Waals surface area contributed by atoms with Crippen LogP contribution in [0.25, 0.3) is 0 Å². The average molecular weight is 304 g/mol. The summed E-state index contributed by atoms with van der Waals surface area (Å²) < 4.78 is 4.91. The van der Waals surface area contributed by atoms with Gasteiger partial charge < -0.3 is 10.1 Å². The Bertz CT molecular complexity index is 554. The predicted octanol–water partition coefficient (Wildman–Crippen LogP) is 3.29. The number of aryl methyl sites for hydroxylation is 1. The summed E-state index contributed by atoms with van der Waals surface area (Å²) >= 11 is 1.58. The SMILES string of the molecule is CCOC(=O)CCc1csc(NCCc2ccccc2)n1. The van der Waals surface area contributed by atoms with Crippen LogP contribution in [0, 0.1) is 0 Å². The molecule has 0 unspecified atom stereocenters. The summed E-state index contributed by atoms with van der Waals surface area (Å²) in [5.41, 5.74) is 2.25. The zero-order valence-electron chi connectivity index (χ0n) is 12.2. The van der Waals surface area contributed by atoms with Gasteiger partial charge in [0.2, 0.25) is 0 Å². The Morgan fingerprint density at radius 2 is 2.10 bits per heavy atom. The zero-order chi connectivity index (χ0) is 14.9. The van der Waals surface area contributed by atoms with Gasteiger partial charge in [-0.1, -0.05) is 30.3 Å². The first-order valence-corrected chi connectivity index (χ1v) is 8.03. The third-order valence-corrected chi connectivity index (χ3v) is 3.82. The summed E-state index contributed by atoms with van der Waals surface area (Å²) in [7, 11) is 0. The number of carbonyl (C=O) groups is 1. The van der Waals surface area contributed by atoms with Crippen molar-refractivity contribution in [2.75, 3.05) is 18.5 Å². The van der Waals surface area contributed by atoms with Crippen LogP contribution in [0.2, 0.25) is 0 Å². The van der Waals surface area contributed by atoms with Crippen molar-refractivity contribution in [2.24, 2.45) is 0 Å². The van der Waals surface area contributed by atoms with E-state index in [1.807, 2.05) is 30.5 Å². The van der Waals surface area contributed by atoms with E-state index < -0.39 is 0 Å². The molecule has 5 heteroatoms. The van der Waals surface area contributed by atoms with Crippen molar-refractivity contribution in [3.63, 3.8) is 0 Å². The van der Waals surface area contributed by atoms with E-state index in [-0.39, 0.29) is 5.97 Å². The van der Waals surface area contributed by atoms with Crippen LogP contribution < -0.4 is 5.32 Å².